The van der Waals surface area contributed by atoms with Gasteiger partial charge in [-0.2, -0.15) is 0 Å². The van der Waals surface area contributed by atoms with Crippen LogP contribution in [0.3, 0.4) is 0 Å². The van der Waals surface area contributed by atoms with Crippen molar-refractivity contribution < 1.29 is 4.79 Å². The summed E-state index contributed by atoms with van der Waals surface area (Å²) in [7, 11) is 0. The quantitative estimate of drug-likeness (QED) is 0.807. The molecule has 1 saturated heterocycles. The summed E-state index contributed by atoms with van der Waals surface area (Å²) >= 11 is 0. The summed E-state index contributed by atoms with van der Waals surface area (Å²) in [6, 6.07) is 8.46. The monoisotopic (exact) mass is 285 g/mol. The van der Waals surface area contributed by atoms with E-state index in [0.717, 1.165) is 19.5 Å². The molecule has 1 amide bonds. The van der Waals surface area contributed by atoms with Gasteiger partial charge in [0.05, 0.1) is 0 Å². The minimum absolute atomic E-state index is 0.0377. The summed E-state index contributed by atoms with van der Waals surface area (Å²) in [6.07, 6.45) is 3.34. The van der Waals surface area contributed by atoms with Gasteiger partial charge in [-0.15, -0.1) is 0 Å². The van der Waals surface area contributed by atoms with Crippen molar-refractivity contribution in [1.82, 2.24) is 15.6 Å². The Morgan fingerprint density at radius 3 is 3.00 bits per heavy atom. The van der Waals surface area contributed by atoms with Gasteiger partial charge in [0.25, 0.3) is 0 Å². The second kappa shape index (κ2) is 6.31. The van der Waals surface area contributed by atoms with Gasteiger partial charge in [-0.25, -0.2) is 0 Å². The van der Waals surface area contributed by atoms with Crippen LogP contribution >= 0.6 is 0 Å². The van der Waals surface area contributed by atoms with Gasteiger partial charge in [-0.1, -0.05) is 18.2 Å². The van der Waals surface area contributed by atoms with Gasteiger partial charge in [0, 0.05) is 42.5 Å². The number of fused-ring (bicyclic) bond motifs is 1. The molecule has 0 spiro atoms. The van der Waals surface area contributed by atoms with E-state index in [2.05, 4.69) is 39.9 Å². The van der Waals surface area contributed by atoms with Crippen LogP contribution in [0.4, 0.5) is 0 Å². The number of amides is 1. The predicted molar refractivity (Wildman–Crippen MR) is 85.5 cm³/mol. The smallest absolute Gasteiger partial charge is 0.216 e. The van der Waals surface area contributed by atoms with Crippen LogP contribution < -0.4 is 10.6 Å². The first-order valence-electron chi connectivity index (χ1n) is 7.80. The summed E-state index contributed by atoms with van der Waals surface area (Å²) in [4.78, 5) is 14.7. The van der Waals surface area contributed by atoms with Gasteiger partial charge in [0.15, 0.2) is 0 Å². The van der Waals surface area contributed by atoms with Gasteiger partial charge >= 0.3 is 0 Å². The van der Waals surface area contributed by atoms with E-state index in [1.165, 1.54) is 35.0 Å². The van der Waals surface area contributed by atoms with Gasteiger partial charge < -0.3 is 15.6 Å². The fourth-order valence-corrected chi connectivity index (χ4v) is 3.30. The fraction of sp³-hybridized carbons (Fsp3) is 0.471. The average Bonchev–Trinajstić information content (AvgIpc) is 2.87. The van der Waals surface area contributed by atoms with E-state index in [1.807, 2.05) is 0 Å². The number of para-hydroxylation sites is 1. The van der Waals surface area contributed by atoms with Crippen LogP contribution in [0.15, 0.2) is 24.3 Å². The van der Waals surface area contributed by atoms with Crippen molar-refractivity contribution in [3.63, 3.8) is 0 Å². The van der Waals surface area contributed by atoms with Gasteiger partial charge in [0.2, 0.25) is 5.91 Å². The number of benzene rings is 1. The highest BCUT2D eigenvalue weighted by Crippen LogP contribution is 2.31. The first-order chi connectivity index (χ1) is 10.3. The highest BCUT2D eigenvalue weighted by atomic mass is 16.1. The Bertz CT molecular complexity index is 626. The molecule has 1 fully saturated rings. The van der Waals surface area contributed by atoms with Crippen LogP contribution in [0, 0.1) is 0 Å². The number of aromatic nitrogens is 1. The molecule has 2 heterocycles. The zero-order valence-corrected chi connectivity index (χ0v) is 12.5. The van der Waals surface area contributed by atoms with Crippen molar-refractivity contribution in [2.45, 2.75) is 32.1 Å². The second-order valence-electron chi connectivity index (χ2n) is 5.84. The summed E-state index contributed by atoms with van der Waals surface area (Å²) in [5.74, 6) is 0.592. The normalized spacial score (nSPS) is 18.8. The van der Waals surface area contributed by atoms with Crippen LogP contribution in [0.5, 0.6) is 0 Å². The Balaban J connectivity index is 1.91. The minimum atomic E-state index is 0.0377. The third-order valence-corrected chi connectivity index (χ3v) is 4.30. The van der Waals surface area contributed by atoms with Crippen LogP contribution in [0.25, 0.3) is 10.9 Å². The molecule has 112 valence electrons. The maximum atomic E-state index is 11.1. The molecular weight excluding hydrogens is 262 g/mol. The number of hydrogen-bond acceptors (Lipinski definition) is 2. The van der Waals surface area contributed by atoms with E-state index >= 15 is 0 Å². The van der Waals surface area contributed by atoms with Crippen molar-refractivity contribution in [3.8, 4) is 0 Å². The molecule has 1 aliphatic rings. The van der Waals surface area contributed by atoms with Crippen molar-refractivity contribution >= 4 is 16.8 Å². The van der Waals surface area contributed by atoms with E-state index in [4.69, 9.17) is 0 Å². The number of rotatable bonds is 4. The third kappa shape index (κ3) is 3.10. The maximum absolute atomic E-state index is 11.1. The number of aromatic amines is 1. The Hall–Kier alpha value is -1.81. The van der Waals surface area contributed by atoms with E-state index < -0.39 is 0 Å². The summed E-state index contributed by atoms with van der Waals surface area (Å²) in [6.45, 7) is 4.43. The minimum Gasteiger partial charge on any atom is -0.358 e. The molecule has 3 rings (SSSR count). The first-order valence-corrected chi connectivity index (χ1v) is 7.80. The number of carbonyl (C=O) groups excluding carboxylic acids is 1. The average molecular weight is 285 g/mol. The largest absolute Gasteiger partial charge is 0.358 e. The zero-order valence-electron chi connectivity index (χ0n) is 12.5. The van der Waals surface area contributed by atoms with E-state index in [-0.39, 0.29) is 5.91 Å². The van der Waals surface area contributed by atoms with Gasteiger partial charge in [0.1, 0.15) is 0 Å². The molecule has 0 bridgehead atoms. The number of H-pyrrole nitrogens is 1. The topological polar surface area (TPSA) is 56.9 Å². The lowest BCUT2D eigenvalue weighted by Crippen LogP contribution is -2.29. The second-order valence-corrected chi connectivity index (χ2v) is 5.84. The van der Waals surface area contributed by atoms with Crippen molar-refractivity contribution in [2.75, 3.05) is 19.6 Å². The lowest BCUT2D eigenvalue weighted by Gasteiger charge is -2.23. The number of piperidine rings is 1. The molecule has 1 aromatic carbocycles. The zero-order chi connectivity index (χ0) is 14.7. The SMILES string of the molecule is CC(=O)NCCc1c(C2CCCNC2)[nH]c2ccccc12. The Morgan fingerprint density at radius 2 is 2.24 bits per heavy atom. The standard InChI is InChI=1S/C17H23N3O/c1-12(21)19-10-8-15-14-6-2-3-7-16(14)20-17(15)13-5-4-9-18-11-13/h2-3,6-7,13,18,20H,4-5,8-11H2,1H3,(H,19,21). The van der Waals surface area contributed by atoms with Crippen LogP contribution in [0.2, 0.25) is 0 Å². The first kappa shape index (κ1) is 14.1. The number of carbonyl (C=O) groups is 1. The molecule has 1 unspecified atom stereocenters. The highest BCUT2D eigenvalue weighted by molar-refractivity contribution is 5.85. The lowest BCUT2D eigenvalue weighted by molar-refractivity contribution is -0.118. The number of nitrogens with one attached hydrogen (secondary N) is 3. The van der Waals surface area contributed by atoms with E-state index in [0.29, 0.717) is 12.5 Å². The van der Waals surface area contributed by atoms with Crippen LogP contribution in [-0.4, -0.2) is 30.5 Å². The fourth-order valence-electron chi connectivity index (χ4n) is 3.30. The molecule has 4 nitrogen and oxygen atoms in total. The molecular formula is C17H23N3O. The molecule has 0 radical (unpaired) electrons. The molecule has 0 saturated carbocycles. The molecule has 4 heteroatoms. The lowest BCUT2D eigenvalue weighted by atomic mass is 9.92. The molecule has 1 atom stereocenters. The molecule has 1 aliphatic heterocycles. The third-order valence-electron chi connectivity index (χ3n) is 4.30. The summed E-state index contributed by atoms with van der Waals surface area (Å²) in [5.41, 5.74) is 3.93. The highest BCUT2D eigenvalue weighted by Gasteiger charge is 2.21. The molecule has 0 aliphatic carbocycles. The molecule has 21 heavy (non-hydrogen) atoms. The number of hydrogen-bond donors (Lipinski definition) is 3. The van der Waals surface area contributed by atoms with Gasteiger partial charge in [-0.3, -0.25) is 4.79 Å². The summed E-state index contributed by atoms with van der Waals surface area (Å²) in [5, 5.41) is 7.69. The molecule has 3 N–H and O–H groups in total. The summed E-state index contributed by atoms with van der Waals surface area (Å²) < 4.78 is 0. The van der Waals surface area contributed by atoms with Crippen LogP contribution in [0.1, 0.15) is 36.9 Å². The Labute approximate surface area is 125 Å². The van der Waals surface area contributed by atoms with Gasteiger partial charge in [-0.05, 0) is 37.4 Å². The van der Waals surface area contributed by atoms with Crippen LogP contribution in [-0.2, 0) is 11.2 Å². The maximum Gasteiger partial charge on any atom is 0.216 e. The Morgan fingerprint density at radius 1 is 1.38 bits per heavy atom. The van der Waals surface area contributed by atoms with E-state index in [1.54, 1.807) is 6.92 Å². The Kier molecular flexibility index (Phi) is 4.25. The predicted octanol–water partition coefficient (Wildman–Crippen LogP) is 2.31. The molecule has 2 aromatic rings. The van der Waals surface area contributed by atoms with E-state index in [9.17, 15) is 4.79 Å². The van der Waals surface area contributed by atoms with Crippen molar-refractivity contribution in [1.29, 1.82) is 0 Å². The van der Waals surface area contributed by atoms with Crippen molar-refractivity contribution in [2.24, 2.45) is 0 Å². The van der Waals surface area contributed by atoms with Crippen molar-refractivity contribution in [3.05, 3.63) is 35.5 Å². The molecule has 1 aromatic heterocycles.